The fourth-order valence-corrected chi connectivity index (χ4v) is 5.02. The highest BCUT2D eigenvalue weighted by Crippen LogP contribution is 2.20. The molecule has 1 atom stereocenters. The van der Waals surface area contributed by atoms with E-state index in [4.69, 9.17) is 4.74 Å². The van der Waals surface area contributed by atoms with Crippen LogP contribution in [0.15, 0.2) is 53.7 Å². The van der Waals surface area contributed by atoms with E-state index in [0.29, 0.717) is 18.7 Å². The van der Waals surface area contributed by atoms with Crippen molar-refractivity contribution in [1.82, 2.24) is 24.8 Å². The third-order valence-corrected chi connectivity index (χ3v) is 7.36. The minimum Gasteiger partial charge on any atom is -0.497 e. The summed E-state index contributed by atoms with van der Waals surface area (Å²) >= 11 is 0. The van der Waals surface area contributed by atoms with Crippen LogP contribution < -0.4 is 20.1 Å². The molecule has 0 radical (unpaired) electrons. The van der Waals surface area contributed by atoms with E-state index >= 15 is 0 Å². The molecule has 1 unspecified atom stereocenters. The van der Waals surface area contributed by atoms with Gasteiger partial charge in [-0.25, -0.2) is 13.4 Å². The number of hydrogen-bond donors (Lipinski definition) is 4. The lowest BCUT2D eigenvalue weighted by atomic mass is 10.1. The van der Waals surface area contributed by atoms with E-state index in [-0.39, 0.29) is 10.5 Å². The van der Waals surface area contributed by atoms with Gasteiger partial charge in [0.25, 0.3) is 5.91 Å². The highest BCUT2D eigenvalue weighted by Gasteiger charge is 2.26. The Labute approximate surface area is 214 Å². The topological polar surface area (TPSA) is 165 Å². The van der Waals surface area contributed by atoms with Crippen molar-refractivity contribution >= 4 is 27.7 Å². The minimum atomic E-state index is -4.14. The summed E-state index contributed by atoms with van der Waals surface area (Å²) in [5, 5.41) is 19.4. The maximum atomic E-state index is 12.6. The van der Waals surface area contributed by atoms with Gasteiger partial charge < -0.3 is 20.5 Å². The van der Waals surface area contributed by atoms with Crippen molar-refractivity contribution in [2.45, 2.75) is 36.7 Å². The molecule has 4 rings (SSSR count). The fourth-order valence-electron chi connectivity index (χ4n) is 3.83. The number of rotatable bonds is 11. The van der Waals surface area contributed by atoms with Crippen LogP contribution in [-0.4, -0.2) is 66.4 Å². The Morgan fingerprint density at radius 3 is 2.73 bits per heavy atom. The summed E-state index contributed by atoms with van der Waals surface area (Å²) in [6, 6.07) is 7.97. The van der Waals surface area contributed by atoms with E-state index < -0.39 is 34.5 Å². The number of carbonyl (C=O) groups is 2. The van der Waals surface area contributed by atoms with Crippen molar-refractivity contribution in [2.24, 2.45) is 0 Å². The monoisotopic (exact) mass is 528 g/mol. The SMILES string of the molecule is COc1ccc(S(=O)(=O)NC(CNC(=O)c2cnn(CCc3ccc4c(n3)NCCC4)c2)C(=O)O)cc1. The number of hydrogen-bond acceptors (Lipinski definition) is 8. The summed E-state index contributed by atoms with van der Waals surface area (Å²) in [5.74, 6) is -0.630. The number of carboxylic acids is 1. The molecule has 1 aromatic carbocycles. The Hall–Kier alpha value is -3.97. The Kier molecular flexibility index (Phi) is 8.04. The third kappa shape index (κ3) is 6.62. The molecule has 37 heavy (non-hydrogen) atoms. The van der Waals surface area contributed by atoms with Crippen LogP contribution in [0, 0.1) is 0 Å². The second kappa shape index (κ2) is 11.4. The number of aliphatic carboxylic acids is 1. The number of carboxylic acid groups (broad SMARTS) is 1. The van der Waals surface area contributed by atoms with Crippen LogP contribution in [-0.2, 0) is 34.2 Å². The van der Waals surface area contributed by atoms with Crippen LogP contribution in [0.3, 0.4) is 0 Å². The first-order chi connectivity index (χ1) is 17.7. The number of amides is 1. The van der Waals surface area contributed by atoms with E-state index in [1.807, 2.05) is 6.07 Å². The maximum absolute atomic E-state index is 12.6. The summed E-state index contributed by atoms with van der Waals surface area (Å²) < 4.78 is 33.9. The molecule has 3 aromatic rings. The zero-order chi connectivity index (χ0) is 26.4. The number of ether oxygens (including phenoxy) is 1. The van der Waals surface area contributed by atoms with E-state index in [9.17, 15) is 23.1 Å². The summed E-state index contributed by atoms with van der Waals surface area (Å²) in [6.45, 7) is 0.950. The van der Waals surface area contributed by atoms with Crippen molar-refractivity contribution < 1.29 is 27.9 Å². The van der Waals surface area contributed by atoms with Gasteiger partial charge in [0.2, 0.25) is 10.0 Å². The smallest absolute Gasteiger partial charge is 0.323 e. The standard InChI is InChI=1S/C24H28N6O6S/c1-36-19-6-8-20(9-7-19)37(34,35)29-21(24(32)33)14-26-23(31)17-13-27-30(15-17)12-10-18-5-4-16-3-2-11-25-22(16)28-18/h4-9,13,15,21,29H,2-3,10-12,14H2,1H3,(H,25,28)(H,26,31)(H,32,33). The molecule has 1 aliphatic rings. The molecule has 0 spiro atoms. The van der Waals surface area contributed by atoms with Gasteiger partial charge in [0.05, 0.1) is 23.8 Å². The molecule has 0 saturated heterocycles. The van der Waals surface area contributed by atoms with E-state index in [1.54, 1.807) is 10.9 Å². The summed E-state index contributed by atoms with van der Waals surface area (Å²) in [4.78, 5) is 28.7. The number of sulfonamides is 1. The average molecular weight is 529 g/mol. The lowest BCUT2D eigenvalue weighted by Gasteiger charge is -2.17. The van der Waals surface area contributed by atoms with Gasteiger partial charge in [0.15, 0.2) is 0 Å². The van der Waals surface area contributed by atoms with Gasteiger partial charge >= 0.3 is 5.97 Å². The first kappa shape index (κ1) is 26.1. The summed E-state index contributed by atoms with van der Waals surface area (Å²) in [5.41, 5.74) is 2.34. The molecule has 1 amide bonds. The van der Waals surface area contributed by atoms with Crippen molar-refractivity contribution in [3.8, 4) is 5.75 Å². The number of fused-ring (bicyclic) bond motifs is 1. The molecular formula is C24H28N6O6S. The number of nitrogens with one attached hydrogen (secondary N) is 3. The predicted molar refractivity (Wildman–Crippen MR) is 134 cm³/mol. The lowest BCUT2D eigenvalue weighted by Crippen LogP contribution is -2.48. The molecule has 1 aliphatic heterocycles. The first-order valence-corrected chi connectivity index (χ1v) is 13.2. The predicted octanol–water partition coefficient (Wildman–Crippen LogP) is 1.05. The lowest BCUT2D eigenvalue weighted by molar-refractivity contribution is -0.138. The zero-order valence-corrected chi connectivity index (χ0v) is 21.0. The normalized spacial score (nSPS) is 13.8. The van der Waals surface area contributed by atoms with Crippen LogP contribution in [0.4, 0.5) is 5.82 Å². The molecule has 4 N–H and O–H groups in total. The molecule has 3 heterocycles. The van der Waals surface area contributed by atoms with Gasteiger partial charge in [-0.1, -0.05) is 6.07 Å². The number of aromatic nitrogens is 3. The summed E-state index contributed by atoms with van der Waals surface area (Å²) in [7, 11) is -2.70. The zero-order valence-electron chi connectivity index (χ0n) is 20.2. The highest BCUT2D eigenvalue weighted by molar-refractivity contribution is 7.89. The Bertz CT molecular complexity index is 1370. The molecule has 0 fully saturated rings. The van der Waals surface area contributed by atoms with Crippen LogP contribution in [0.25, 0.3) is 0 Å². The number of nitrogens with zero attached hydrogens (tertiary/aromatic N) is 3. The molecule has 2 aromatic heterocycles. The number of aryl methyl sites for hydroxylation is 3. The van der Waals surface area contributed by atoms with Gasteiger partial charge in [-0.05, 0) is 48.7 Å². The second-order valence-electron chi connectivity index (χ2n) is 8.48. The minimum absolute atomic E-state index is 0.128. The number of benzene rings is 1. The molecule has 12 nitrogen and oxygen atoms in total. The molecule has 0 bridgehead atoms. The van der Waals surface area contributed by atoms with Crippen molar-refractivity contribution in [3.05, 3.63) is 65.6 Å². The Morgan fingerprint density at radius 2 is 2.00 bits per heavy atom. The van der Waals surface area contributed by atoms with Gasteiger partial charge in [-0.2, -0.15) is 9.82 Å². The number of anilines is 1. The van der Waals surface area contributed by atoms with E-state index in [0.717, 1.165) is 30.9 Å². The van der Waals surface area contributed by atoms with Gasteiger partial charge in [0.1, 0.15) is 17.6 Å². The van der Waals surface area contributed by atoms with Crippen LogP contribution >= 0.6 is 0 Å². The van der Waals surface area contributed by atoms with Crippen LogP contribution in [0.5, 0.6) is 5.75 Å². The van der Waals surface area contributed by atoms with Gasteiger partial charge in [-0.15, -0.1) is 0 Å². The number of methoxy groups -OCH3 is 1. The number of carbonyl (C=O) groups excluding carboxylic acids is 1. The highest BCUT2D eigenvalue weighted by atomic mass is 32.2. The maximum Gasteiger partial charge on any atom is 0.323 e. The quantitative estimate of drug-likeness (QED) is 0.285. The Morgan fingerprint density at radius 1 is 1.22 bits per heavy atom. The molecule has 0 aliphatic carbocycles. The van der Waals surface area contributed by atoms with Crippen molar-refractivity contribution in [1.29, 1.82) is 0 Å². The first-order valence-electron chi connectivity index (χ1n) is 11.7. The Balaban J connectivity index is 1.32. The fraction of sp³-hybridized carbons (Fsp3) is 0.333. The largest absolute Gasteiger partial charge is 0.497 e. The molecule has 196 valence electrons. The van der Waals surface area contributed by atoms with Crippen molar-refractivity contribution in [2.75, 3.05) is 25.5 Å². The van der Waals surface area contributed by atoms with E-state index in [1.165, 1.54) is 43.1 Å². The van der Waals surface area contributed by atoms with Gasteiger partial charge in [0, 0.05) is 37.9 Å². The molecule has 0 saturated carbocycles. The van der Waals surface area contributed by atoms with Gasteiger partial charge in [-0.3, -0.25) is 14.3 Å². The van der Waals surface area contributed by atoms with E-state index in [2.05, 4.69) is 31.5 Å². The van der Waals surface area contributed by atoms with Crippen molar-refractivity contribution in [3.63, 3.8) is 0 Å². The second-order valence-corrected chi connectivity index (χ2v) is 10.2. The average Bonchev–Trinajstić information content (AvgIpc) is 3.38. The third-order valence-electron chi connectivity index (χ3n) is 5.88. The summed E-state index contributed by atoms with van der Waals surface area (Å²) in [6.07, 6.45) is 5.64. The van der Waals surface area contributed by atoms with Crippen LogP contribution in [0.1, 0.15) is 28.0 Å². The van der Waals surface area contributed by atoms with Crippen LogP contribution in [0.2, 0.25) is 0 Å². The molecular weight excluding hydrogens is 500 g/mol. The molecule has 13 heteroatoms. The number of pyridine rings is 1.